The van der Waals surface area contributed by atoms with Gasteiger partial charge in [-0.1, -0.05) is 103 Å². The van der Waals surface area contributed by atoms with Crippen LogP contribution < -0.4 is 0 Å². The van der Waals surface area contributed by atoms with Crippen LogP contribution in [0.2, 0.25) is 0 Å². The number of rotatable bonds is 2. The van der Waals surface area contributed by atoms with Gasteiger partial charge in [-0.05, 0) is 134 Å². The third-order valence-corrected chi connectivity index (χ3v) is 9.61. The summed E-state index contributed by atoms with van der Waals surface area (Å²) in [6.45, 7) is 0. The van der Waals surface area contributed by atoms with E-state index in [1.807, 2.05) is 12.4 Å². The van der Waals surface area contributed by atoms with Crippen LogP contribution in [0.4, 0.5) is 0 Å². The molecular formula is C43H25N. The standard InChI is InChI=1S/C43H25N/c1-4-27-10-11-28-6-3-9-38-39-25-35(33-16-15-31-22-30(13-14-32(31)23-33)26-18-20-44-21-19-26)24-34-17-12-29-5-2-8-37(41(29)43(34)39)36(7-1)40(27)42(28)38/h1-25H. The SMILES string of the molecule is c1cc2ccc3cccc4c5cc(-c6ccc7cc(-c8ccncc8)ccc7c6)cc6ccc7cccc(c(c1)c2c34)c7c65. The number of aromatic nitrogens is 1. The average molecular weight is 556 g/mol. The van der Waals surface area contributed by atoms with Crippen molar-refractivity contribution >= 4 is 75.4 Å². The van der Waals surface area contributed by atoms with Crippen molar-refractivity contribution in [1.82, 2.24) is 4.98 Å². The van der Waals surface area contributed by atoms with Gasteiger partial charge in [-0.15, -0.1) is 0 Å². The fourth-order valence-corrected chi connectivity index (χ4v) is 7.60. The number of hydrogen-bond acceptors (Lipinski definition) is 1. The minimum atomic E-state index is 1.18. The molecule has 0 amide bonds. The van der Waals surface area contributed by atoms with Crippen LogP contribution >= 0.6 is 0 Å². The van der Waals surface area contributed by atoms with Gasteiger partial charge in [0.25, 0.3) is 0 Å². The summed E-state index contributed by atoms with van der Waals surface area (Å²) in [4.78, 5) is 4.18. The maximum atomic E-state index is 4.18. The zero-order valence-corrected chi connectivity index (χ0v) is 23.9. The molecule has 1 nitrogen and oxygen atoms in total. The molecule has 0 radical (unpaired) electrons. The largest absolute Gasteiger partial charge is 0.265 e. The lowest BCUT2D eigenvalue weighted by molar-refractivity contribution is 1.33. The summed E-state index contributed by atoms with van der Waals surface area (Å²) in [5, 5.41) is 18.2. The Morgan fingerprint density at radius 2 is 0.705 bits per heavy atom. The van der Waals surface area contributed by atoms with Gasteiger partial charge in [0.15, 0.2) is 0 Å². The van der Waals surface area contributed by atoms with E-state index in [-0.39, 0.29) is 0 Å². The minimum absolute atomic E-state index is 1.18. The molecule has 10 rings (SSSR count). The van der Waals surface area contributed by atoms with Gasteiger partial charge in [0.2, 0.25) is 0 Å². The van der Waals surface area contributed by atoms with E-state index >= 15 is 0 Å². The Kier molecular flexibility index (Phi) is 4.78. The zero-order valence-electron chi connectivity index (χ0n) is 23.9. The first-order chi connectivity index (χ1) is 21.8. The summed E-state index contributed by atoms with van der Waals surface area (Å²) in [7, 11) is 0. The van der Waals surface area contributed by atoms with E-state index in [1.54, 1.807) is 0 Å². The third kappa shape index (κ3) is 3.32. The molecule has 0 atom stereocenters. The van der Waals surface area contributed by atoms with Gasteiger partial charge in [0.05, 0.1) is 0 Å². The van der Waals surface area contributed by atoms with Gasteiger partial charge in [0.1, 0.15) is 0 Å². The zero-order chi connectivity index (χ0) is 28.8. The van der Waals surface area contributed by atoms with E-state index in [9.17, 15) is 0 Å². The summed E-state index contributed by atoms with van der Waals surface area (Å²) in [6, 6.07) is 52.1. The Morgan fingerprint density at radius 1 is 0.273 bits per heavy atom. The topological polar surface area (TPSA) is 12.9 Å². The highest BCUT2D eigenvalue weighted by atomic mass is 14.6. The van der Waals surface area contributed by atoms with Crippen LogP contribution in [0.3, 0.4) is 0 Å². The van der Waals surface area contributed by atoms with E-state index in [2.05, 4.69) is 145 Å². The molecule has 0 aliphatic heterocycles. The number of hydrogen-bond donors (Lipinski definition) is 0. The molecule has 1 aromatic heterocycles. The van der Waals surface area contributed by atoms with E-state index in [0.29, 0.717) is 0 Å². The highest BCUT2D eigenvalue weighted by Gasteiger charge is 2.16. The molecule has 10 aromatic rings. The molecule has 0 N–H and O–H groups in total. The molecule has 0 unspecified atom stereocenters. The predicted molar refractivity (Wildman–Crippen MR) is 189 cm³/mol. The Labute approximate surface area is 254 Å². The van der Waals surface area contributed by atoms with Crippen molar-refractivity contribution in [2.45, 2.75) is 0 Å². The first kappa shape index (κ1) is 23.7. The molecule has 0 saturated heterocycles. The van der Waals surface area contributed by atoms with Gasteiger partial charge in [0, 0.05) is 12.4 Å². The van der Waals surface area contributed by atoms with Gasteiger partial charge in [-0.25, -0.2) is 0 Å². The second-order valence-electron chi connectivity index (χ2n) is 12.0. The van der Waals surface area contributed by atoms with Crippen molar-refractivity contribution in [2.24, 2.45) is 0 Å². The highest BCUT2D eigenvalue weighted by molar-refractivity contribution is 6.37. The Bertz CT molecular complexity index is 2750. The summed E-state index contributed by atoms with van der Waals surface area (Å²) < 4.78 is 0. The van der Waals surface area contributed by atoms with Crippen LogP contribution in [-0.4, -0.2) is 4.98 Å². The fraction of sp³-hybridized carbons (Fsp3) is 0. The smallest absolute Gasteiger partial charge is 0.0273 e. The van der Waals surface area contributed by atoms with Crippen LogP contribution in [0.1, 0.15) is 0 Å². The molecule has 44 heavy (non-hydrogen) atoms. The van der Waals surface area contributed by atoms with Gasteiger partial charge in [-0.2, -0.15) is 0 Å². The number of fused-ring (bicyclic) bond motifs is 3. The molecule has 1 heterocycles. The lowest BCUT2D eigenvalue weighted by atomic mass is 9.86. The van der Waals surface area contributed by atoms with Crippen LogP contribution in [0, 0.1) is 0 Å². The molecule has 202 valence electrons. The second-order valence-corrected chi connectivity index (χ2v) is 12.0. The first-order valence-corrected chi connectivity index (χ1v) is 15.2. The molecule has 9 aromatic carbocycles. The quantitative estimate of drug-likeness (QED) is 0.193. The van der Waals surface area contributed by atoms with Crippen LogP contribution in [0.25, 0.3) is 97.7 Å². The van der Waals surface area contributed by atoms with Crippen LogP contribution in [0.5, 0.6) is 0 Å². The van der Waals surface area contributed by atoms with Crippen molar-refractivity contribution in [2.75, 3.05) is 0 Å². The van der Waals surface area contributed by atoms with Crippen molar-refractivity contribution in [3.63, 3.8) is 0 Å². The summed E-state index contributed by atoms with van der Waals surface area (Å²) in [6.07, 6.45) is 3.70. The second kappa shape index (κ2) is 8.86. The normalized spacial score (nSPS) is 12.1. The number of nitrogens with zero attached hydrogens (tertiary/aromatic N) is 1. The summed E-state index contributed by atoms with van der Waals surface area (Å²) in [5.41, 5.74) is 4.86. The highest BCUT2D eigenvalue weighted by Crippen LogP contribution is 2.44. The molecule has 0 fully saturated rings. The molecule has 0 aliphatic carbocycles. The Balaban J connectivity index is 1.32. The third-order valence-electron chi connectivity index (χ3n) is 9.61. The minimum Gasteiger partial charge on any atom is -0.265 e. The molecule has 0 saturated carbocycles. The Hall–Kier alpha value is -5.79. The lowest BCUT2D eigenvalue weighted by Gasteiger charge is -2.17. The maximum Gasteiger partial charge on any atom is 0.0273 e. The van der Waals surface area contributed by atoms with Crippen molar-refractivity contribution in [3.05, 3.63) is 152 Å². The van der Waals surface area contributed by atoms with Crippen molar-refractivity contribution < 1.29 is 0 Å². The predicted octanol–water partition coefficient (Wildman–Crippen LogP) is 11.9. The number of pyridine rings is 1. The van der Waals surface area contributed by atoms with Gasteiger partial charge < -0.3 is 0 Å². The molecular weight excluding hydrogens is 530 g/mol. The molecule has 0 spiro atoms. The van der Waals surface area contributed by atoms with E-state index in [1.165, 1.54) is 97.7 Å². The van der Waals surface area contributed by atoms with E-state index < -0.39 is 0 Å². The van der Waals surface area contributed by atoms with E-state index in [0.717, 1.165) is 0 Å². The molecule has 0 bridgehead atoms. The van der Waals surface area contributed by atoms with Crippen LogP contribution in [0.15, 0.2) is 152 Å². The van der Waals surface area contributed by atoms with Crippen molar-refractivity contribution in [3.8, 4) is 22.3 Å². The molecule has 1 heteroatoms. The van der Waals surface area contributed by atoms with Crippen LogP contribution in [-0.2, 0) is 0 Å². The molecule has 0 aliphatic rings. The fourth-order valence-electron chi connectivity index (χ4n) is 7.60. The summed E-state index contributed by atoms with van der Waals surface area (Å²) >= 11 is 0. The average Bonchev–Trinajstić information content (AvgIpc) is 3.09. The summed E-state index contributed by atoms with van der Waals surface area (Å²) in [5.74, 6) is 0. The lowest BCUT2D eigenvalue weighted by Crippen LogP contribution is -1.89. The van der Waals surface area contributed by atoms with Gasteiger partial charge in [-0.3, -0.25) is 4.98 Å². The Morgan fingerprint density at radius 3 is 1.27 bits per heavy atom. The maximum absolute atomic E-state index is 4.18. The first-order valence-electron chi connectivity index (χ1n) is 15.2. The monoisotopic (exact) mass is 555 g/mol. The van der Waals surface area contributed by atoms with Gasteiger partial charge >= 0.3 is 0 Å². The van der Waals surface area contributed by atoms with Crippen molar-refractivity contribution in [1.29, 1.82) is 0 Å². The van der Waals surface area contributed by atoms with E-state index in [4.69, 9.17) is 0 Å². The number of benzene rings is 8.